The summed E-state index contributed by atoms with van der Waals surface area (Å²) < 4.78 is 18.3. The third kappa shape index (κ3) is 4.00. The molecule has 4 heterocycles. The van der Waals surface area contributed by atoms with Crippen molar-refractivity contribution in [3.8, 4) is 11.5 Å². The fraction of sp³-hybridized carbons (Fsp3) is 0.391. The van der Waals surface area contributed by atoms with Gasteiger partial charge in [0.15, 0.2) is 29.6 Å². The van der Waals surface area contributed by atoms with Crippen LogP contribution in [0.4, 0.5) is 0 Å². The summed E-state index contributed by atoms with van der Waals surface area (Å²) in [5.41, 5.74) is 3.41. The van der Waals surface area contributed by atoms with Crippen LogP contribution in [0.3, 0.4) is 0 Å². The topological polar surface area (TPSA) is 92.4 Å². The number of thiophene rings is 1. The molecule has 9 nitrogen and oxygen atoms in total. The number of ether oxygens (including phenoxy) is 3. The van der Waals surface area contributed by atoms with Gasteiger partial charge in [-0.15, -0.1) is 16.4 Å². The van der Waals surface area contributed by atoms with E-state index in [0.29, 0.717) is 29.6 Å². The van der Waals surface area contributed by atoms with Crippen LogP contribution in [0.15, 0.2) is 29.7 Å². The molecule has 0 N–H and O–H groups in total. The van der Waals surface area contributed by atoms with Crippen LogP contribution in [0.5, 0.6) is 11.5 Å². The van der Waals surface area contributed by atoms with E-state index in [1.807, 2.05) is 25.1 Å². The summed E-state index contributed by atoms with van der Waals surface area (Å²) >= 11 is 1.66. The Labute approximate surface area is 195 Å². The van der Waals surface area contributed by atoms with Gasteiger partial charge in [0.1, 0.15) is 11.2 Å². The summed E-state index contributed by atoms with van der Waals surface area (Å²) in [6.45, 7) is 6.83. The van der Waals surface area contributed by atoms with Crippen LogP contribution in [0.1, 0.15) is 42.6 Å². The second-order valence-corrected chi connectivity index (χ2v) is 9.55. The van der Waals surface area contributed by atoms with Gasteiger partial charge < -0.3 is 19.0 Å². The van der Waals surface area contributed by atoms with E-state index in [2.05, 4.69) is 29.1 Å². The third-order valence-electron chi connectivity index (χ3n) is 5.65. The normalized spacial score (nSPS) is 15.6. The minimum atomic E-state index is -0.212. The zero-order valence-corrected chi connectivity index (χ0v) is 20.0. The largest absolute Gasteiger partial charge is 0.493 e. The number of methoxy groups -OCH3 is 2. The van der Waals surface area contributed by atoms with E-state index < -0.39 is 0 Å². The van der Waals surface area contributed by atoms with Crippen molar-refractivity contribution in [1.82, 2.24) is 19.6 Å². The van der Waals surface area contributed by atoms with Gasteiger partial charge in [0.2, 0.25) is 0 Å². The van der Waals surface area contributed by atoms with Crippen LogP contribution < -0.4 is 9.47 Å². The molecule has 0 fully saturated rings. The fourth-order valence-electron chi connectivity index (χ4n) is 3.95. The van der Waals surface area contributed by atoms with Crippen molar-refractivity contribution in [3.63, 3.8) is 0 Å². The zero-order chi connectivity index (χ0) is 23.2. The maximum absolute atomic E-state index is 5.97. The van der Waals surface area contributed by atoms with E-state index in [9.17, 15) is 0 Å². The number of benzene rings is 1. The van der Waals surface area contributed by atoms with Crippen molar-refractivity contribution in [2.75, 3.05) is 14.2 Å². The first-order valence-electron chi connectivity index (χ1n) is 10.6. The lowest BCUT2D eigenvalue weighted by atomic mass is 9.94. The lowest BCUT2D eigenvalue weighted by molar-refractivity contribution is -0.0379. The third-order valence-corrected chi connectivity index (χ3v) is 6.76. The Balaban J connectivity index is 1.39. The van der Waals surface area contributed by atoms with Gasteiger partial charge in [-0.25, -0.2) is 14.5 Å². The Bertz CT molecular complexity index is 1370. The Morgan fingerprint density at radius 1 is 1.24 bits per heavy atom. The minimum Gasteiger partial charge on any atom is -0.493 e. The van der Waals surface area contributed by atoms with Gasteiger partial charge in [-0.3, -0.25) is 0 Å². The highest BCUT2D eigenvalue weighted by Crippen LogP contribution is 2.39. The molecule has 0 bridgehead atoms. The molecule has 172 valence electrons. The number of hydrogen-bond donors (Lipinski definition) is 0. The summed E-state index contributed by atoms with van der Waals surface area (Å²) in [7, 11) is 3.21. The van der Waals surface area contributed by atoms with Crippen molar-refractivity contribution >= 4 is 32.9 Å². The quantitative estimate of drug-likeness (QED) is 0.311. The Kier molecular flexibility index (Phi) is 5.41. The van der Waals surface area contributed by atoms with Gasteiger partial charge in [0.25, 0.3) is 0 Å². The van der Waals surface area contributed by atoms with E-state index in [-0.39, 0.29) is 12.2 Å². The van der Waals surface area contributed by atoms with Crippen LogP contribution in [0.25, 0.3) is 15.9 Å². The van der Waals surface area contributed by atoms with E-state index in [0.717, 1.165) is 27.8 Å². The van der Waals surface area contributed by atoms with Crippen LogP contribution >= 0.6 is 11.3 Å². The van der Waals surface area contributed by atoms with Gasteiger partial charge in [-0.2, -0.15) is 0 Å². The van der Waals surface area contributed by atoms with Crippen molar-refractivity contribution < 1.29 is 19.0 Å². The van der Waals surface area contributed by atoms with Crippen LogP contribution in [0, 0.1) is 0 Å². The molecule has 0 aliphatic carbocycles. The summed E-state index contributed by atoms with van der Waals surface area (Å²) in [6.07, 6.45) is 2.51. The second-order valence-electron chi connectivity index (χ2n) is 8.47. The van der Waals surface area contributed by atoms with Crippen molar-refractivity contribution in [2.45, 2.75) is 46.0 Å². The van der Waals surface area contributed by atoms with Gasteiger partial charge in [0.05, 0.1) is 37.5 Å². The standard InChI is InChI=1S/C23H25N5O4S/c1-13(14-6-7-16(29-4)17(8-14)30-5)27-32-11-19-25-21-20-15-9-23(2,3)31-10-18(15)33-22(20)24-12-28(21)26-19/h6-8,12H,9-11H2,1-5H3/b27-13-. The van der Waals surface area contributed by atoms with Gasteiger partial charge in [-0.1, -0.05) is 5.16 Å². The molecule has 0 unspecified atom stereocenters. The molecule has 0 saturated heterocycles. The van der Waals surface area contributed by atoms with E-state index in [1.54, 1.807) is 36.4 Å². The number of oxime groups is 1. The average molecular weight is 468 g/mol. The molecule has 5 rings (SSSR count). The van der Waals surface area contributed by atoms with E-state index >= 15 is 0 Å². The highest BCUT2D eigenvalue weighted by atomic mass is 32.1. The maximum Gasteiger partial charge on any atom is 0.192 e. The highest BCUT2D eigenvalue weighted by molar-refractivity contribution is 7.19. The van der Waals surface area contributed by atoms with Gasteiger partial charge >= 0.3 is 0 Å². The number of aromatic nitrogens is 4. The van der Waals surface area contributed by atoms with E-state index in [4.69, 9.17) is 24.0 Å². The molecule has 1 aliphatic rings. The summed E-state index contributed by atoms with van der Waals surface area (Å²) in [4.78, 5) is 17.1. The average Bonchev–Trinajstić information content (AvgIpc) is 3.38. The maximum atomic E-state index is 5.97. The minimum absolute atomic E-state index is 0.148. The van der Waals surface area contributed by atoms with Crippen LogP contribution in [0.2, 0.25) is 0 Å². The summed E-state index contributed by atoms with van der Waals surface area (Å²) in [6, 6.07) is 5.60. The van der Waals surface area contributed by atoms with Crippen molar-refractivity contribution in [3.05, 3.63) is 46.4 Å². The first-order chi connectivity index (χ1) is 15.9. The molecular weight excluding hydrogens is 442 g/mol. The monoisotopic (exact) mass is 467 g/mol. The summed E-state index contributed by atoms with van der Waals surface area (Å²) in [5.74, 6) is 1.84. The van der Waals surface area contributed by atoms with E-state index in [1.165, 1.54) is 10.4 Å². The first-order valence-corrected chi connectivity index (χ1v) is 11.4. The predicted molar refractivity (Wildman–Crippen MR) is 125 cm³/mol. The smallest absolute Gasteiger partial charge is 0.192 e. The predicted octanol–water partition coefficient (Wildman–Crippen LogP) is 4.15. The van der Waals surface area contributed by atoms with Crippen LogP contribution in [-0.4, -0.2) is 45.1 Å². The lowest BCUT2D eigenvalue weighted by Gasteiger charge is -2.30. The molecule has 0 saturated carbocycles. The first kappa shape index (κ1) is 21.6. The molecule has 10 heteroatoms. The van der Waals surface area contributed by atoms with Gasteiger partial charge in [0, 0.05) is 16.9 Å². The Morgan fingerprint density at radius 2 is 2.06 bits per heavy atom. The number of rotatable bonds is 6. The number of fused-ring (bicyclic) bond motifs is 5. The van der Waals surface area contributed by atoms with Gasteiger partial charge in [-0.05, 0) is 44.5 Å². The lowest BCUT2D eigenvalue weighted by Crippen LogP contribution is -2.31. The molecule has 3 aromatic heterocycles. The number of hydrogen-bond acceptors (Lipinski definition) is 9. The molecular formula is C23H25N5O4S. The molecule has 33 heavy (non-hydrogen) atoms. The zero-order valence-electron chi connectivity index (χ0n) is 19.2. The van der Waals surface area contributed by atoms with Crippen molar-refractivity contribution in [1.29, 1.82) is 0 Å². The SMILES string of the molecule is COc1ccc(/C(C)=N\OCc2nc3c4c5c(sc4ncn3n2)COC(C)(C)C5)cc1OC. The second kappa shape index (κ2) is 8.27. The molecule has 0 atom stereocenters. The highest BCUT2D eigenvalue weighted by Gasteiger charge is 2.30. The Morgan fingerprint density at radius 3 is 2.85 bits per heavy atom. The molecule has 4 aromatic rings. The Hall–Kier alpha value is -3.24. The van der Waals surface area contributed by atoms with Crippen molar-refractivity contribution in [2.24, 2.45) is 5.16 Å². The molecule has 0 spiro atoms. The summed E-state index contributed by atoms with van der Waals surface area (Å²) in [5, 5.41) is 9.82. The molecule has 0 amide bonds. The molecule has 0 radical (unpaired) electrons. The number of nitrogens with zero attached hydrogens (tertiary/aromatic N) is 5. The van der Waals surface area contributed by atoms with Crippen LogP contribution in [-0.2, 0) is 29.2 Å². The molecule has 1 aromatic carbocycles. The fourth-order valence-corrected chi connectivity index (χ4v) is 5.01. The molecule has 1 aliphatic heterocycles.